The summed E-state index contributed by atoms with van der Waals surface area (Å²) in [5.41, 5.74) is 1.83. The molecule has 1 amide bonds. The maximum atomic E-state index is 12.8. The van der Waals surface area contributed by atoms with E-state index in [1.807, 2.05) is 0 Å². The number of hydrogen-bond acceptors (Lipinski definition) is 2. The lowest BCUT2D eigenvalue weighted by Crippen LogP contribution is -2.10. The fraction of sp³-hybridized carbons (Fsp3) is 0.214. The Bertz CT molecular complexity index is 567. The highest BCUT2D eigenvalue weighted by Crippen LogP contribution is 2.33. The number of rotatable bonds is 2. The molecule has 4 heteroatoms. The fourth-order valence-corrected chi connectivity index (χ4v) is 3.32. The second kappa shape index (κ2) is 4.53. The van der Waals surface area contributed by atoms with Crippen molar-refractivity contribution in [3.63, 3.8) is 0 Å². The van der Waals surface area contributed by atoms with Crippen LogP contribution >= 0.6 is 11.3 Å². The van der Waals surface area contributed by atoms with E-state index in [0.717, 1.165) is 17.8 Å². The van der Waals surface area contributed by atoms with Crippen molar-refractivity contribution in [1.82, 2.24) is 0 Å². The van der Waals surface area contributed by atoms with Gasteiger partial charge in [0.2, 0.25) is 0 Å². The molecule has 92 valence electrons. The van der Waals surface area contributed by atoms with Crippen molar-refractivity contribution < 1.29 is 9.18 Å². The van der Waals surface area contributed by atoms with Crippen LogP contribution in [0.15, 0.2) is 30.3 Å². The first-order chi connectivity index (χ1) is 8.72. The molecule has 2 aromatic rings. The van der Waals surface area contributed by atoms with Crippen molar-refractivity contribution >= 4 is 22.2 Å². The van der Waals surface area contributed by atoms with Crippen LogP contribution in [0.5, 0.6) is 0 Å². The highest BCUT2D eigenvalue weighted by atomic mass is 32.1. The highest BCUT2D eigenvalue weighted by Gasteiger charge is 2.16. The number of thiophene rings is 1. The largest absolute Gasteiger partial charge is 0.314 e. The number of hydrogen-bond donors (Lipinski definition) is 1. The molecule has 0 bridgehead atoms. The van der Waals surface area contributed by atoms with Crippen molar-refractivity contribution in [2.24, 2.45) is 0 Å². The lowest BCUT2D eigenvalue weighted by atomic mass is 10.2. The number of halogens is 1. The van der Waals surface area contributed by atoms with Crippen molar-refractivity contribution in [2.75, 3.05) is 5.32 Å². The van der Waals surface area contributed by atoms with Crippen LogP contribution in [0.4, 0.5) is 9.39 Å². The topological polar surface area (TPSA) is 29.1 Å². The summed E-state index contributed by atoms with van der Waals surface area (Å²) in [5, 5.41) is 3.75. The zero-order chi connectivity index (χ0) is 12.5. The molecule has 0 spiro atoms. The van der Waals surface area contributed by atoms with Crippen molar-refractivity contribution in [2.45, 2.75) is 19.3 Å². The fourth-order valence-electron chi connectivity index (χ4n) is 2.18. The lowest BCUT2D eigenvalue weighted by molar-refractivity contribution is 0.102. The molecule has 1 aromatic carbocycles. The van der Waals surface area contributed by atoms with Crippen LogP contribution in [0.3, 0.4) is 0 Å². The van der Waals surface area contributed by atoms with Gasteiger partial charge in [-0.3, -0.25) is 4.79 Å². The molecular weight excluding hydrogens is 249 g/mol. The van der Waals surface area contributed by atoms with Gasteiger partial charge in [-0.25, -0.2) is 4.39 Å². The monoisotopic (exact) mass is 261 g/mol. The Morgan fingerprint density at radius 3 is 2.72 bits per heavy atom. The van der Waals surface area contributed by atoms with Gasteiger partial charge in [0.25, 0.3) is 5.91 Å². The molecule has 1 N–H and O–H groups in total. The summed E-state index contributed by atoms with van der Waals surface area (Å²) < 4.78 is 12.8. The first-order valence-electron chi connectivity index (χ1n) is 5.91. The van der Waals surface area contributed by atoms with Gasteiger partial charge >= 0.3 is 0 Å². The number of aryl methyl sites for hydroxylation is 2. The van der Waals surface area contributed by atoms with Gasteiger partial charge in [-0.2, -0.15) is 0 Å². The number of benzene rings is 1. The zero-order valence-electron chi connectivity index (χ0n) is 9.70. The van der Waals surface area contributed by atoms with E-state index in [9.17, 15) is 9.18 Å². The third kappa shape index (κ3) is 2.16. The summed E-state index contributed by atoms with van der Waals surface area (Å²) in [6.07, 6.45) is 3.44. The lowest BCUT2D eigenvalue weighted by Gasteiger charge is -2.02. The first-order valence-corrected chi connectivity index (χ1v) is 6.72. The Hall–Kier alpha value is -1.68. The molecule has 1 heterocycles. The first kappa shape index (κ1) is 11.4. The quantitative estimate of drug-likeness (QED) is 0.878. The maximum absolute atomic E-state index is 12.8. The smallest absolute Gasteiger partial charge is 0.256 e. The Labute approximate surface area is 108 Å². The number of fused-ring (bicyclic) bond motifs is 1. The molecule has 0 saturated heterocycles. The minimum absolute atomic E-state index is 0.185. The molecule has 18 heavy (non-hydrogen) atoms. The van der Waals surface area contributed by atoms with Gasteiger partial charge in [0, 0.05) is 10.4 Å². The van der Waals surface area contributed by atoms with Gasteiger partial charge in [0.05, 0.1) is 5.00 Å². The van der Waals surface area contributed by atoms with E-state index in [-0.39, 0.29) is 11.7 Å². The highest BCUT2D eigenvalue weighted by molar-refractivity contribution is 7.16. The number of carbonyl (C=O) groups excluding carboxylic acids is 1. The van der Waals surface area contributed by atoms with E-state index in [0.29, 0.717) is 5.56 Å². The SMILES string of the molecule is O=C(Nc1cc2c(s1)CCC2)c1ccc(F)cc1. The number of anilines is 1. The summed E-state index contributed by atoms with van der Waals surface area (Å²) in [4.78, 5) is 13.3. The predicted octanol–water partition coefficient (Wildman–Crippen LogP) is 3.63. The van der Waals surface area contributed by atoms with Crippen LogP contribution in [-0.4, -0.2) is 5.91 Å². The molecule has 1 aliphatic rings. The van der Waals surface area contributed by atoms with Crippen LogP contribution < -0.4 is 5.32 Å². The van der Waals surface area contributed by atoms with Crippen molar-refractivity contribution in [3.8, 4) is 0 Å². The molecule has 0 aliphatic heterocycles. The van der Waals surface area contributed by atoms with Gasteiger partial charge < -0.3 is 5.32 Å². The van der Waals surface area contributed by atoms with Crippen molar-refractivity contribution in [1.29, 1.82) is 0 Å². The molecule has 3 rings (SSSR count). The second-order valence-electron chi connectivity index (χ2n) is 4.37. The van der Waals surface area contributed by atoms with Crippen LogP contribution in [0.25, 0.3) is 0 Å². The summed E-state index contributed by atoms with van der Waals surface area (Å²) in [6, 6.07) is 7.62. The molecule has 1 aromatic heterocycles. The molecule has 0 saturated carbocycles. The van der Waals surface area contributed by atoms with Gasteiger partial charge in [0.1, 0.15) is 5.82 Å². The second-order valence-corrected chi connectivity index (χ2v) is 5.51. The van der Waals surface area contributed by atoms with Crippen LogP contribution in [0, 0.1) is 5.82 Å². The molecule has 1 aliphatic carbocycles. The molecular formula is C14H12FNOS. The third-order valence-electron chi connectivity index (χ3n) is 3.09. The van der Waals surface area contributed by atoms with Crippen LogP contribution in [0.2, 0.25) is 0 Å². The Morgan fingerprint density at radius 2 is 2.00 bits per heavy atom. The Kier molecular flexibility index (Phi) is 2.88. The average molecular weight is 261 g/mol. The summed E-state index contributed by atoms with van der Waals surface area (Å²) in [7, 11) is 0. The van der Waals surface area contributed by atoms with Crippen molar-refractivity contribution in [3.05, 3.63) is 52.2 Å². The van der Waals surface area contributed by atoms with E-state index in [2.05, 4.69) is 11.4 Å². The molecule has 0 unspecified atom stereocenters. The van der Waals surface area contributed by atoms with Gasteiger partial charge in [-0.15, -0.1) is 11.3 Å². The van der Waals surface area contributed by atoms with E-state index >= 15 is 0 Å². The predicted molar refractivity (Wildman–Crippen MR) is 70.7 cm³/mol. The van der Waals surface area contributed by atoms with E-state index in [4.69, 9.17) is 0 Å². The standard InChI is InChI=1S/C14H12FNOS/c15-11-6-4-9(5-7-11)14(17)16-13-8-10-2-1-3-12(10)18-13/h4-8H,1-3H2,(H,16,17). The molecule has 0 fully saturated rings. The van der Waals surface area contributed by atoms with E-state index in [1.54, 1.807) is 11.3 Å². The van der Waals surface area contributed by atoms with Crippen LogP contribution in [0.1, 0.15) is 27.2 Å². The molecule has 0 radical (unpaired) electrons. The minimum Gasteiger partial charge on any atom is -0.314 e. The molecule has 0 atom stereocenters. The third-order valence-corrected chi connectivity index (χ3v) is 4.24. The zero-order valence-corrected chi connectivity index (χ0v) is 10.5. The number of nitrogens with one attached hydrogen (secondary N) is 1. The van der Waals surface area contributed by atoms with Gasteiger partial charge in [-0.1, -0.05) is 0 Å². The average Bonchev–Trinajstić information content (AvgIpc) is 2.90. The van der Waals surface area contributed by atoms with Gasteiger partial charge in [0.15, 0.2) is 0 Å². The van der Waals surface area contributed by atoms with E-state index < -0.39 is 0 Å². The molecule has 2 nitrogen and oxygen atoms in total. The van der Waals surface area contributed by atoms with Crippen LogP contribution in [-0.2, 0) is 12.8 Å². The Morgan fingerprint density at radius 1 is 1.22 bits per heavy atom. The Balaban J connectivity index is 1.75. The van der Waals surface area contributed by atoms with E-state index in [1.165, 1.54) is 41.1 Å². The number of carbonyl (C=O) groups is 1. The minimum atomic E-state index is -0.332. The summed E-state index contributed by atoms with van der Waals surface area (Å²) in [5.74, 6) is -0.517. The summed E-state index contributed by atoms with van der Waals surface area (Å²) >= 11 is 1.64. The number of amides is 1. The van der Waals surface area contributed by atoms with Gasteiger partial charge in [-0.05, 0) is 55.2 Å². The summed E-state index contributed by atoms with van der Waals surface area (Å²) in [6.45, 7) is 0. The normalized spacial score (nSPS) is 13.4. The maximum Gasteiger partial charge on any atom is 0.256 e.